The average Bonchev–Trinajstić information content (AvgIpc) is 2.28. The summed E-state index contributed by atoms with van der Waals surface area (Å²) in [4.78, 5) is 11.8. The molecule has 0 N–H and O–H groups in total. The summed E-state index contributed by atoms with van der Waals surface area (Å²) in [7, 11) is -3.97. The second-order valence-corrected chi connectivity index (χ2v) is 7.45. The standard InChI is InChI=1S/C10H9Cl2FO3S/c1-2-17(15,16)10(11,12)9(14)7-3-5-8(13)6-4-7/h3-6H,2H2,1H3. The van der Waals surface area contributed by atoms with Gasteiger partial charge in [-0.25, -0.2) is 12.8 Å². The van der Waals surface area contributed by atoms with Crippen LogP contribution in [0.25, 0.3) is 0 Å². The van der Waals surface area contributed by atoms with Gasteiger partial charge in [-0.2, -0.15) is 0 Å². The third kappa shape index (κ3) is 2.78. The Bertz CT molecular complexity index is 523. The number of hydrogen-bond acceptors (Lipinski definition) is 3. The number of carbonyl (C=O) groups is 1. The largest absolute Gasteiger partial charge is 0.290 e. The zero-order chi connectivity index (χ0) is 13.3. The number of halogens is 3. The Labute approximate surface area is 108 Å². The van der Waals surface area contributed by atoms with Crippen LogP contribution in [0.15, 0.2) is 24.3 Å². The molecule has 0 unspecified atom stereocenters. The van der Waals surface area contributed by atoms with Crippen LogP contribution >= 0.6 is 23.2 Å². The first kappa shape index (κ1) is 14.4. The molecule has 1 aromatic carbocycles. The van der Waals surface area contributed by atoms with Crippen molar-refractivity contribution in [2.24, 2.45) is 0 Å². The number of Topliss-reactive ketones (excluding diaryl/α,β-unsaturated/α-hetero) is 1. The minimum Gasteiger partial charge on any atom is -0.290 e. The molecule has 0 aromatic heterocycles. The molecule has 0 saturated carbocycles. The van der Waals surface area contributed by atoms with E-state index in [0.717, 1.165) is 24.3 Å². The van der Waals surface area contributed by atoms with E-state index in [1.165, 1.54) is 6.92 Å². The van der Waals surface area contributed by atoms with E-state index < -0.39 is 25.1 Å². The highest BCUT2D eigenvalue weighted by Crippen LogP contribution is 2.32. The van der Waals surface area contributed by atoms with Crippen molar-refractivity contribution in [3.63, 3.8) is 0 Å². The van der Waals surface area contributed by atoms with E-state index in [2.05, 4.69) is 0 Å². The number of alkyl halides is 2. The molecular formula is C10H9Cl2FO3S. The van der Waals surface area contributed by atoms with Gasteiger partial charge in [-0.05, 0) is 24.3 Å². The first-order valence-corrected chi connectivity index (χ1v) is 7.03. The molecule has 0 amide bonds. The molecule has 0 aliphatic carbocycles. The van der Waals surface area contributed by atoms with Gasteiger partial charge in [0.25, 0.3) is 3.67 Å². The van der Waals surface area contributed by atoms with Crippen LogP contribution in [0, 0.1) is 5.82 Å². The van der Waals surface area contributed by atoms with Gasteiger partial charge in [-0.3, -0.25) is 4.79 Å². The van der Waals surface area contributed by atoms with Gasteiger partial charge in [0.15, 0.2) is 9.84 Å². The first-order valence-electron chi connectivity index (χ1n) is 4.63. The maximum Gasteiger partial charge on any atom is 0.280 e. The number of benzene rings is 1. The van der Waals surface area contributed by atoms with E-state index in [0.29, 0.717) is 0 Å². The van der Waals surface area contributed by atoms with Crippen LogP contribution in [-0.4, -0.2) is 23.6 Å². The van der Waals surface area contributed by atoms with Crippen molar-refractivity contribution >= 4 is 38.8 Å². The second kappa shape index (κ2) is 4.92. The minimum absolute atomic E-state index is 0.0616. The molecule has 1 aromatic rings. The van der Waals surface area contributed by atoms with Crippen molar-refractivity contribution in [1.29, 1.82) is 0 Å². The Balaban J connectivity index is 3.18. The second-order valence-electron chi connectivity index (χ2n) is 3.26. The number of hydrogen-bond donors (Lipinski definition) is 0. The number of carbonyl (C=O) groups excluding carboxylic acids is 1. The van der Waals surface area contributed by atoms with Crippen LogP contribution in [-0.2, 0) is 9.84 Å². The maximum absolute atomic E-state index is 12.7. The minimum atomic E-state index is -3.97. The summed E-state index contributed by atoms with van der Waals surface area (Å²) in [5.74, 6) is -1.90. The molecule has 0 fully saturated rings. The van der Waals surface area contributed by atoms with Crippen molar-refractivity contribution in [1.82, 2.24) is 0 Å². The topological polar surface area (TPSA) is 51.2 Å². The van der Waals surface area contributed by atoms with Crippen molar-refractivity contribution in [3.05, 3.63) is 35.6 Å². The Morgan fingerprint density at radius 1 is 1.29 bits per heavy atom. The highest BCUT2D eigenvalue weighted by molar-refractivity contribution is 7.96. The molecule has 0 aliphatic rings. The third-order valence-electron chi connectivity index (χ3n) is 2.14. The fraction of sp³-hybridized carbons (Fsp3) is 0.300. The lowest BCUT2D eigenvalue weighted by Crippen LogP contribution is -2.36. The van der Waals surface area contributed by atoms with Crippen LogP contribution in [0.5, 0.6) is 0 Å². The molecular weight excluding hydrogens is 290 g/mol. The zero-order valence-electron chi connectivity index (χ0n) is 8.78. The first-order chi connectivity index (χ1) is 7.72. The highest BCUT2D eigenvalue weighted by Gasteiger charge is 2.46. The van der Waals surface area contributed by atoms with Gasteiger partial charge < -0.3 is 0 Å². The predicted octanol–water partition coefficient (Wildman–Crippen LogP) is 2.57. The number of ketones is 1. The molecule has 7 heteroatoms. The van der Waals surface area contributed by atoms with Gasteiger partial charge in [0, 0.05) is 5.56 Å². The van der Waals surface area contributed by atoms with Crippen LogP contribution in [0.3, 0.4) is 0 Å². The van der Waals surface area contributed by atoms with Crippen LogP contribution in [0.1, 0.15) is 17.3 Å². The summed E-state index contributed by atoms with van der Waals surface area (Å²) in [6, 6.07) is 4.30. The zero-order valence-corrected chi connectivity index (χ0v) is 11.1. The highest BCUT2D eigenvalue weighted by atomic mass is 35.5. The fourth-order valence-corrected chi connectivity index (χ4v) is 2.73. The summed E-state index contributed by atoms with van der Waals surface area (Å²) in [5, 5.41) is 0. The lowest BCUT2D eigenvalue weighted by Gasteiger charge is -2.17. The van der Waals surface area contributed by atoms with Crippen molar-refractivity contribution in [3.8, 4) is 0 Å². The van der Waals surface area contributed by atoms with E-state index in [-0.39, 0.29) is 11.3 Å². The lowest BCUT2D eigenvalue weighted by atomic mass is 10.1. The summed E-state index contributed by atoms with van der Waals surface area (Å²) in [6.07, 6.45) is 0. The molecule has 17 heavy (non-hydrogen) atoms. The van der Waals surface area contributed by atoms with Gasteiger partial charge in [0.1, 0.15) is 5.82 Å². The molecule has 0 bridgehead atoms. The Hall–Kier alpha value is -0.650. The van der Waals surface area contributed by atoms with E-state index in [1.807, 2.05) is 0 Å². The average molecular weight is 299 g/mol. The van der Waals surface area contributed by atoms with Gasteiger partial charge in [0.2, 0.25) is 5.78 Å². The summed E-state index contributed by atoms with van der Waals surface area (Å²) >= 11 is 11.2. The van der Waals surface area contributed by atoms with Gasteiger partial charge in [0.05, 0.1) is 5.75 Å². The molecule has 0 saturated heterocycles. The van der Waals surface area contributed by atoms with Crippen molar-refractivity contribution in [2.45, 2.75) is 10.6 Å². The third-order valence-corrected chi connectivity index (χ3v) is 5.62. The Morgan fingerprint density at radius 2 is 1.76 bits per heavy atom. The van der Waals surface area contributed by atoms with Crippen molar-refractivity contribution in [2.75, 3.05) is 5.75 Å². The summed E-state index contributed by atoms with van der Waals surface area (Å²) < 4.78 is 33.2. The quantitative estimate of drug-likeness (QED) is 0.634. The molecule has 0 aliphatic heterocycles. The number of rotatable bonds is 4. The Kier molecular flexibility index (Phi) is 4.17. The SMILES string of the molecule is CCS(=O)(=O)C(Cl)(Cl)C(=O)c1ccc(F)cc1. The molecule has 0 spiro atoms. The van der Waals surface area contributed by atoms with E-state index in [9.17, 15) is 17.6 Å². The molecule has 1 rings (SSSR count). The fourth-order valence-electron chi connectivity index (χ4n) is 1.09. The predicted molar refractivity (Wildman–Crippen MR) is 64.6 cm³/mol. The summed E-state index contributed by atoms with van der Waals surface area (Å²) in [6.45, 7) is 1.33. The van der Waals surface area contributed by atoms with E-state index in [1.54, 1.807) is 0 Å². The molecule has 0 radical (unpaired) electrons. The Morgan fingerprint density at radius 3 is 2.18 bits per heavy atom. The van der Waals surface area contributed by atoms with Crippen LogP contribution in [0.4, 0.5) is 4.39 Å². The molecule has 0 atom stereocenters. The van der Waals surface area contributed by atoms with E-state index in [4.69, 9.17) is 23.2 Å². The van der Waals surface area contributed by atoms with Crippen LogP contribution < -0.4 is 0 Å². The van der Waals surface area contributed by atoms with Gasteiger partial charge >= 0.3 is 0 Å². The lowest BCUT2D eigenvalue weighted by molar-refractivity contribution is 0.0996. The normalized spacial score (nSPS) is 12.5. The van der Waals surface area contributed by atoms with Crippen LogP contribution in [0.2, 0.25) is 0 Å². The number of sulfone groups is 1. The monoisotopic (exact) mass is 298 g/mol. The smallest absolute Gasteiger partial charge is 0.280 e. The maximum atomic E-state index is 12.7. The molecule has 0 heterocycles. The summed E-state index contributed by atoms with van der Waals surface area (Å²) in [5.41, 5.74) is -0.0616. The van der Waals surface area contributed by atoms with Crippen molar-refractivity contribution < 1.29 is 17.6 Å². The van der Waals surface area contributed by atoms with Gasteiger partial charge in [-0.1, -0.05) is 30.1 Å². The van der Waals surface area contributed by atoms with E-state index >= 15 is 0 Å². The molecule has 94 valence electrons. The van der Waals surface area contributed by atoms with Gasteiger partial charge in [-0.15, -0.1) is 0 Å². The molecule has 3 nitrogen and oxygen atoms in total.